The number of aryl methyl sites for hydroxylation is 1. The number of aromatic nitrogens is 4. The third-order valence-electron chi connectivity index (χ3n) is 2.98. The van der Waals surface area contributed by atoms with Crippen LogP contribution in [0, 0.1) is 6.92 Å². The average Bonchev–Trinajstić information content (AvgIpc) is 3.07. The first-order chi connectivity index (χ1) is 8.66. The minimum Gasteiger partial charge on any atom is -0.476 e. The smallest absolute Gasteiger partial charge is 0.358 e. The number of nitrogens with zero attached hydrogens (tertiary/aromatic N) is 4. The first-order valence-electron chi connectivity index (χ1n) is 5.77. The summed E-state index contributed by atoms with van der Waals surface area (Å²) in [6.07, 6.45) is 5.40. The second-order valence-corrected chi connectivity index (χ2v) is 4.54. The molecule has 0 radical (unpaired) electrons. The van der Waals surface area contributed by atoms with Crippen LogP contribution in [-0.2, 0) is 0 Å². The maximum Gasteiger partial charge on any atom is 0.358 e. The molecule has 92 valence electrons. The Hall–Kier alpha value is -2.24. The summed E-state index contributed by atoms with van der Waals surface area (Å²) in [5.41, 5.74) is 2.51. The van der Waals surface area contributed by atoms with E-state index in [1.807, 2.05) is 13.0 Å². The van der Waals surface area contributed by atoms with Gasteiger partial charge < -0.3 is 5.11 Å². The molecule has 0 bridgehead atoms. The topological polar surface area (TPSA) is 80.9 Å². The van der Waals surface area contributed by atoms with E-state index in [-0.39, 0.29) is 11.6 Å². The average molecular weight is 244 g/mol. The first-order valence-corrected chi connectivity index (χ1v) is 5.77. The number of rotatable bonds is 3. The fraction of sp³-hybridized carbons (Fsp3) is 0.333. The third kappa shape index (κ3) is 1.75. The number of hydrogen-bond donors (Lipinski definition) is 1. The maximum absolute atomic E-state index is 11.1. The summed E-state index contributed by atoms with van der Waals surface area (Å²) < 4.78 is 1.60. The van der Waals surface area contributed by atoms with Gasteiger partial charge in [0.15, 0.2) is 5.69 Å². The molecule has 18 heavy (non-hydrogen) atoms. The first kappa shape index (κ1) is 10.9. The van der Waals surface area contributed by atoms with Crippen molar-refractivity contribution >= 4 is 5.97 Å². The molecular weight excluding hydrogens is 232 g/mol. The Morgan fingerprint density at radius 3 is 2.83 bits per heavy atom. The standard InChI is InChI=1S/C12H12N4O2/c1-7-4-9(6-13-5-7)16-11(8-2-3-8)10(12(17)18)14-15-16/h4-6,8H,2-3H2,1H3,(H,17,18). The van der Waals surface area contributed by atoms with Gasteiger partial charge in [-0.15, -0.1) is 5.10 Å². The van der Waals surface area contributed by atoms with Gasteiger partial charge in [0.05, 0.1) is 17.6 Å². The summed E-state index contributed by atoms with van der Waals surface area (Å²) in [7, 11) is 0. The van der Waals surface area contributed by atoms with Gasteiger partial charge in [0.1, 0.15) is 0 Å². The number of aromatic carboxylic acids is 1. The second kappa shape index (κ2) is 3.90. The van der Waals surface area contributed by atoms with E-state index in [0.717, 1.165) is 24.1 Å². The largest absolute Gasteiger partial charge is 0.476 e. The highest BCUT2D eigenvalue weighted by molar-refractivity contribution is 5.87. The Kier molecular flexibility index (Phi) is 2.36. The van der Waals surface area contributed by atoms with Crippen LogP contribution < -0.4 is 0 Å². The van der Waals surface area contributed by atoms with Crippen LogP contribution in [0.25, 0.3) is 5.69 Å². The SMILES string of the molecule is Cc1cncc(-n2nnc(C(=O)O)c2C2CC2)c1. The summed E-state index contributed by atoms with van der Waals surface area (Å²) in [5.74, 6) is -0.768. The number of carbonyl (C=O) groups is 1. The second-order valence-electron chi connectivity index (χ2n) is 4.54. The Balaban J connectivity index is 2.15. The van der Waals surface area contributed by atoms with E-state index in [1.54, 1.807) is 17.1 Å². The lowest BCUT2D eigenvalue weighted by Gasteiger charge is -2.05. The van der Waals surface area contributed by atoms with Crippen LogP contribution in [-0.4, -0.2) is 31.1 Å². The predicted molar refractivity (Wildman–Crippen MR) is 62.8 cm³/mol. The number of carboxylic acids is 1. The number of pyridine rings is 1. The van der Waals surface area contributed by atoms with Crippen molar-refractivity contribution in [3.8, 4) is 5.69 Å². The molecule has 0 unspecified atom stereocenters. The molecule has 2 aromatic heterocycles. The molecular formula is C12H12N4O2. The molecule has 1 N–H and O–H groups in total. The Morgan fingerprint density at radius 2 is 2.22 bits per heavy atom. The van der Waals surface area contributed by atoms with Crippen molar-refractivity contribution < 1.29 is 9.90 Å². The molecule has 0 amide bonds. The van der Waals surface area contributed by atoms with Crippen LogP contribution in [0.1, 0.15) is 40.5 Å². The minimum absolute atomic E-state index is 0.0546. The quantitative estimate of drug-likeness (QED) is 0.885. The molecule has 0 atom stereocenters. The summed E-state index contributed by atoms with van der Waals surface area (Å²) in [6.45, 7) is 1.93. The van der Waals surface area contributed by atoms with Crippen molar-refractivity contribution in [3.63, 3.8) is 0 Å². The molecule has 0 spiro atoms. The fourth-order valence-corrected chi connectivity index (χ4v) is 2.01. The van der Waals surface area contributed by atoms with Gasteiger partial charge in [-0.2, -0.15) is 0 Å². The van der Waals surface area contributed by atoms with Crippen LogP contribution >= 0.6 is 0 Å². The van der Waals surface area contributed by atoms with E-state index in [4.69, 9.17) is 5.11 Å². The van der Waals surface area contributed by atoms with Crippen LogP contribution in [0.2, 0.25) is 0 Å². The summed E-state index contributed by atoms with van der Waals surface area (Å²) >= 11 is 0. The van der Waals surface area contributed by atoms with Crippen LogP contribution in [0.3, 0.4) is 0 Å². The number of hydrogen-bond acceptors (Lipinski definition) is 4. The molecule has 0 aromatic carbocycles. The van der Waals surface area contributed by atoms with E-state index in [0.29, 0.717) is 5.69 Å². The highest BCUT2D eigenvalue weighted by atomic mass is 16.4. The zero-order valence-electron chi connectivity index (χ0n) is 9.87. The zero-order valence-corrected chi connectivity index (χ0v) is 9.87. The molecule has 6 nitrogen and oxygen atoms in total. The molecule has 2 aromatic rings. The van der Waals surface area contributed by atoms with Crippen LogP contribution in [0.4, 0.5) is 0 Å². The lowest BCUT2D eigenvalue weighted by Crippen LogP contribution is -2.06. The van der Waals surface area contributed by atoms with E-state index >= 15 is 0 Å². The summed E-state index contributed by atoms with van der Waals surface area (Å²) in [5, 5.41) is 16.9. The van der Waals surface area contributed by atoms with Gasteiger partial charge in [-0.05, 0) is 31.4 Å². The van der Waals surface area contributed by atoms with Gasteiger partial charge in [0.25, 0.3) is 0 Å². The Morgan fingerprint density at radius 1 is 1.44 bits per heavy atom. The van der Waals surface area contributed by atoms with Crippen LogP contribution in [0.15, 0.2) is 18.5 Å². The molecule has 1 aliphatic rings. The lowest BCUT2D eigenvalue weighted by atomic mass is 10.2. The predicted octanol–water partition coefficient (Wildman–Crippen LogP) is 1.55. The van der Waals surface area contributed by atoms with E-state index in [2.05, 4.69) is 15.3 Å². The molecule has 2 heterocycles. The summed E-state index contributed by atoms with van der Waals surface area (Å²) in [4.78, 5) is 15.2. The van der Waals surface area contributed by atoms with Gasteiger partial charge in [-0.25, -0.2) is 9.48 Å². The van der Waals surface area contributed by atoms with Gasteiger partial charge in [-0.1, -0.05) is 5.21 Å². The van der Waals surface area contributed by atoms with E-state index in [1.165, 1.54) is 0 Å². The van der Waals surface area contributed by atoms with Gasteiger partial charge >= 0.3 is 5.97 Å². The molecule has 1 aliphatic carbocycles. The molecule has 1 fully saturated rings. The molecule has 0 aliphatic heterocycles. The minimum atomic E-state index is -1.02. The molecule has 1 saturated carbocycles. The van der Waals surface area contributed by atoms with Crippen molar-refractivity contribution in [1.29, 1.82) is 0 Å². The number of carboxylic acid groups (broad SMARTS) is 1. The molecule has 3 rings (SSSR count). The van der Waals surface area contributed by atoms with E-state index in [9.17, 15) is 4.79 Å². The lowest BCUT2D eigenvalue weighted by molar-refractivity contribution is 0.0689. The fourth-order valence-electron chi connectivity index (χ4n) is 2.01. The van der Waals surface area contributed by atoms with Crippen molar-refractivity contribution in [1.82, 2.24) is 20.0 Å². The highest BCUT2D eigenvalue weighted by Gasteiger charge is 2.34. The molecule has 6 heteroatoms. The van der Waals surface area contributed by atoms with Gasteiger partial charge in [0.2, 0.25) is 0 Å². The van der Waals surface area contributed by atoms with Gasteiger partial charge in [-0.3, -0.25) is 4.98 Å². The zero-order chi connectivity index (χ0) is 12.7. The van der Waals surface area contributed by atoms with Crippen molar-refractivity contribution in [3.05, 3.63) is 35.4 Å². The summed E-state index contributed by atoms with van der Waals surface area (Å²) in [6, 6.07) is 1.92. The Labute approximate surface area is 103 Å². The highest BCUT2D eigenvalue weighted by Crippen LogP contribution is 2.41. The van der Waals surface area contributed by atoms with E-state index < -0.39 is 5.97 Å². The van der Waals surface area contributed by atoms with Crippen molar-refractivity contribution in [2.75, 3.05) is 0 Å². The third-order valence-corrected chi connectivity index (χ3v) is 2.98. The van der Waals surface area contributed by atoms with Crippen LogP contribution in [0.5, 0.6) is 0 Å². The normalized spacial score (nSPS) is 14.7. The van der Waals surface area contributed by atoms with Crippen molar-refractivity contribution in [2.45, 2.75) is 25.7 Å². The van der Waals surface area contributed by atoms with Crippen molar-refractivity contribution in [2.24, 2.45) is 0 Å². The maximum atomic E-state index is 11.1. The Bertz CT molecular complexity index is 616. The molecule has 0 saturated heterocycles. The van der Waals surface area contributed by atoms with Gasteiger partial charge in [0, 0.05) is 12.1 Å². The monoisotopic (exact) mass is 244 g/mol.